The van der Waals surface area contributed by atoms with Crippen molar-refractivity contribution >= 4 is 17.8 Å². The molecule has 0 aromatic rings. The number of amides is 1. The summed E-state index contributed by atoms with van der Waals surface area (Å²) in [5, 5.41) is 9.32. The number of piperazine rings is 1. The van der Waals surface area contributed by atoms with Gasteiger partial charge in [-0.2, -0.15) is 0 Å². The molecule has 0 aromatic heterocycles. The number of fused-ring (bicyclic) bond motifs is 9. The molecular weight excluding hydrogens is 600 g/mol. The van der Waals surface area contributed by atoms with Gasteiger partial charge < -0.3 is 14.7 Å². The molecule has 5 aliphatic carbocycles. The molecule has 0 spiro atoms. The molecule has 7 nitrogen and oxygen atoms in total. The summed E-state index contributed by atoms with van der Waals surface area (Å²) in [6.07, 6.45) is 15.3. The molecule has 0 radical (unpaired) electrons. The second-order valence-electron chi connectivity index (χ2n) is 20.5. The number of ether oxygens (including phenoxy) is 1. The van der Waals surface area contributed by atoms with Gasteiger partial charge >= 0.3 is 11.9 Å². The van der Waals surface area contributed by atoms with Gasteiger partial charge in [0.2, 0.25) is 5.91 Å². The minimum atomic E-state index is -0.873. The first-order valence-electron chi connectivity index (χ1n) is 19.8. The van der Waals surface area contributed by atoms with E-state index in [0.29, 0.717) is 47.1 Å². The molecule has 1 amide bonds. The number of carbonyl (C=O) groups is 3. The first-order chi connectivity index (χ1) is 22.4. The van der Waals surface area contributed by atoms with Crippen molar-refractivity contribution < 1.29 is 24.2 Å². The van der Waals surface area contributed by atoms with Crippen LogP contribution in [-0.2, 0) is 19.1 Å². The first kappa shape index (κ1) is 34.8. The van der Waals surface area contributed by atoms with Gasteiger partial charge in [-0.05, 0) is 128 Å². The van der Waals surface area contributed by atoms with E-state index in [1.165, 1.54) is 64.2 Å². The Morgan fingerprint density at radius 1 is 0.792 bits per heavy atom. The molecule has 2 aliphatic heterocycles. The van der Waals surface area contributed by atoms with Gasteiger partial charge in [0.15, 0.2) is 0 Å². The molecular formula is C41H66N2O5. The maximum Gasteiger partial charge on any atom is 0.306 e. The Balaban J connectivity index is 1.07. The Bertz CT molecular complexity index is 1330. The Labute approximate surface area is 290 Å². The molecule has 2 bridgehead atoms. The molecule has 11 atom stereocenters. The van der Waals surface area contributed by atoms with Gasteiger partial charge in [-0.1, -0.05) is 54.9 Å². The number of aliphatic carboxylic acids is 1. The van der Waals surface area contributed by atoms with Crippen LogP contribution in [0.1, 0.15) is 145 Å². The third-order valence-electron chi connectivity index (χ3n) is 17.3. The smallest absolute Gasteiger partial charge is 0.306 e. The van der Waals surface area contributed by atoms with E-state index in [9.17, 15) is 19.5 Å². The monoisotopic (exact) mass is 666 g/mol. The SMILES string of the molecule is CN1CC2CC1CN2C(=O)C[C@]12CCC[C@@H]1[C@H]1CCC3[C@@]4(C)CC[C@H](OC(=O)CC(C)(C)CC(=O)O)C(C)(C)C4CC[C@@]3(C)[C@]1(C)CC2. The topological polar surface area (TPSA) is 87.2 Å². The summed E-state index contributed by atoms with van der Waals surface area (Å²) in [7, 11) is 2.22. The molecule has 7 heteroatoms. The number of esters is 1. The lowest BCUT2D eigenvalue weighted by molar-refractivity contribution is -0.248. The van der Waals surface area contributed by atoms with Crippen LogP contribution in [0.5, 0.6) is 0 Å². The third-order valence-corrected chi connectivity index (χ3v) is 17.3. The van der Waals surface area contributed by atoms with Crippen LogP contribution >= 0.6 is 0 Å². The molecule has 2 heterocycles. The second kappa shape index (κ2) is 11.4. The Morgan fingerprint density at radius 2 is 1.54 bits per heavy atom. The molecule has 270 valence electrons. The van der Waals surface area contributed by atoms with E-state index in [-0.39, 0.29) is 46.6 Å². The molecule has 7 rings (SSSR count). The van der Waals surface area contributed by atoms with E-state index in [0.717, 1.165) is 32.4 Å². The van der Waals surface area contributed by atoms with E-state index in [4.69, 9.17) is 4.74 Å². The second-order valence-corrected chi connectivity index (χ2v) is 20.5. The number of likely N-dealkylation sites (N-methyl/N-ethyl adjacent to an activating group) is 1. The normalized spacial score (nSPS) is 46.3. The predicted molar refractivity (Wildman–Crippen MR) is 187 cm³/mol. The lowest BCUT2D eigenvalue weighted by Gasteiger charge is -2.72. The fourth-order valence-electron chi connectivity index (χ4n) is 14.8. The lowest BCUT2D eigenvalue weighted by Crippen LogP contribution is -2.66. The molecule has 48 heavy (non-hydrogen) atoms. The van der Waals surface area contributed by atoms with Gasteiger partial charge in [-0.15, -0.1) is 0 Å². The number of nitrogens with zero attached hydrogens (tertiary/aromatic N) is 2. The van der Waals surface area contributed by atoms with Crippen molar-refractivity contribution in [2.45, 2.75) is 163 Å². The van der Waals surface area contributed by atoms with Gasteiger partial charge in [0.25, 0.3) is 0 Å². The molecule has 0 aromatic carbocycles. The fourth-order valence-corrected chi connectivity index (χ4v) is 14.8. The van der Waals surface area contributed by atoms with E-state index in [2.05, 4.69) is 51.5 Å². The third kappa shape index (κ3) is 5.14. The number of likely N-dealkylation sites (tertiary alicyclic amines) is 2. The standard InChI is InChI=1S/C41H66N2O5/c1-36(2,22-34(45)46)23-35(47)48-32-14-16-38(5)30(37(32,3)4)13-17-40(7)31(38)12-11-28-29-10-9-15-41(29,19-18-39(28,40)6)21-33(44)43-25-26-20-27(43)24-42(26)8/h26-32H,9-25H2,1-8H3,(H,45,46)/t26?,27?,28-,29-,30?,31?,32+,38+,39-,40-,41-/m1/s1. The molecule has 5 saturated carbocycles. The van der Waals surface area contributed by atoms with Crippen molar-refractivity contribution in [2.24, 2.45) is 56.2 Å². The Kier molecular flexibility index (Phi) is 8.29. The van der Waals surface area contributed by atoms with Crippen molar-refractivity contribution in [3.63, 3.8) is 0 Å². The molecule has 1 N–H and O–H groups in total. The molecule has 7 fully saturated rings. The Hall–Kier alpha value is -1.63. The van der Waals surface area contributed by atoms with Crippen LogP contribution < -0.4 is 0 Å². The number of rotatable bonds is 7. The Morgan fingerprint density at radius 3 is 2.21 bits per heavy atom. The maximum atomic E-state index is 14.0. The predicted octanol–water partition coefficient (Wildman–Crippen LogP) is 7.95. The zero-order chi connectivity index (χ0) is 34.7. The average Bonchev–Trinajstić information content (AvgIpc) is 3.68. The maximum absolute atomic E-state index is 14.0. The zero-order valence-electron chi connectivity index (χ0n) is 31.5. The van der Waals surface area contributed by atoms with Crippen LogP contribution in [0.3, 0.4) is 0 Å². The minimum Gasteiger partial charge on any atom is -0.481 e. The fraction of sp³-hybridized carbons (Fsp3) is 0.927. The largest absolute Gasteiger partial charge is 0.481 e. The summed E-state index contributed by atoms with van der Waals surface area (Å²) in [6.45, 7) is 18.3. The van der Waals surface area contributed by atoms with Gasteiger partial charge in [0, 0.05) is 37.0 Å². The molecule has 7 aliphatic rings. The summed E-state index contributed by atoms with van der Waals surface area (Å²) >= 11 is 0. The van der Waals surface area contributed by atoms with Crippen LogP contribution in [-0.4, -0.2) is 71.1 Å². The van der Waals surface area contributed by atoms with Gasteiger partial charge in [0.05, 0.1) is 12.8 Å². The summed E-state index contributed by atoms with van der Waals surface area (Å²) in [5.74, 6) is 1.88. The van der Waals surface area contributed by atoms with E-state index in [1.54, 1.807) is 0 Å². The van der Waals surface area contributed by atoms with Crippen molar-refractivity contribution in [3.8, 4) is 0 Å². The number of carboxylic acid groups (broad SMARTS) is 1. The van der Waals surface area contributed by atoms with Crippen LogP contribution in [0.25, 0.3) is 0 Å². The van der Waals surface area contributed by atoms with Gasteiger partial charge in [-0.25, -0.2) is 0 Å². The number of hydrogen-bond donors (Lipinski definition) is 1. The van der Waals surface area contributed by atoms with Crippen LogP contribution in [0.4, 0.5) is 0 Å². The van der Waals surface area contributed by atoms with Crippen molar-refractivity contribution in [1.29, 1.82) is 0 Å². The quantitative estimate of drug-likeness (QED) is 0.278. The summed E-state index contributed by atoms with van der Waals surface area (Å²) in [5.41, 5.74) is 0.242. The van der Waals surface area contributed by atoms with Crippen molar-refractivity contribution in [2.75, 3.05) is 20.1 Å². The van der Waals surface area contributed by atoms with E-state index in [1.807, 2.05) is 13.8 Å². The molecule has 4 unspecified atom stereocenters. The highest BCUT2D eigenvalue weighted by Gasteiger charge is 2.70. The van der Waals surface area contributed by atoms with E-state index >= 15 is 0 Å². The first-order valence-corrected chi connectivity index (χ1v) is 19.8. The highest BCUT2D eigenvalue weighted by atomic mass is 16.5. The highest BCUT2D eigenvalue weighted by Crippen LogP contribution is 2.77. The summed E-state index contributed by atoms with van der Waals surface area (Å²) in [6, 6.07) is 1.01. The average molecular weight is 667 g/mol. The van der Waals surface area contributed by atoms with Gasteiger partial charge in [-0.3, -0.25) is 19.3 Å². The number of carboxylic acids is 1. The van der Waals surface area contributed by atoms with Gasteiger partial charge in [0.1, 0.15) is 6.10 Å². The van der Waals surface area contributed by atoms with Crippen LogP contribution in [0.15, 0.2) is 0 Å². The zero-order valence-corrected chi connectivity index (χ0v) is 31.5. The lowest BCUT2D eigenvalue weighted by atomic mass is 9.32. The van der Waals surface area contributed by atoms with Crippen LogP contribution in [0, 0.1) is 56.2 Å². The van der Waals surface area contributed by atoms with Crippen molar-refractivity contribution in [3.05, 3.63) is 0 Å². The molecule has 2 saturated heterocycles. The number of hydrogen-bond acceptors (Lipinski definition) is 5. The highest BCUT2D eigenvalue weighted by molar-refractivity contribution is 5.78. The van der Waals surface area contributed by atoms with Crippen LogP contribution in [0.2, 0.25) is 0 Å². The summed E-state index contributed by atoms with van der Waals surface area (Å²) in [4.78, 5) is 43.3. The van der Waals surface area contributed by atoms with E-state index < -0.39 is 11.4 Å². The minimum absolute atomic E-state index is 0.0354. The van der Waals surface area contributed by atoms with Crippen molar-refractivity contribution in [1.82, 2.24) is 9.80 Å². The number of carbonyl (C=O) groups excluding carboxylic acids is 2. The summed E-state index contributed by atoms with van der Waals surface area (Å²) < 4.78 is 6.27.